The van der Waals surface area contributed by atoms with Gasteiger partial charge in [0.1, 0.15) is 18.1 Å². The Bertz CT molecular complexity index is 1440. The van der Waals surface area contributed by atoms with Gasteiger partial charge >= 0.3 is 0 Å². The number of anilines is 3. The molecule has 0 radical (unpaired) electrons. The Kier molecular flexibility index (Phi) is 9.45. The molecule has 10 nitrogen and oxygen atoms in total. The molecule has 0 amide bonds. The Morgan fingerprint density at radius 3 is 2.66 bits per heavy atom. The van der Waals surface area contributed by atoms with Crippen LogP contribution < -0.4 is 10.6 Å². The molecule has 1 aliphatic heterocycles. The van der Waals surface area contributed by atoms with Crippen LogP contribution in [0.5, 0.6) is 5.75 Å². The third-order valence-corrected chi connectivity index (χ3v) is 6.70. The lowest BCUT2D eigenvalue weighted by Gasteiger charge is -2.31. The highest BCUT2D eigenvalue weighted by molar-refractivity contribution is 5.69. The summed E-state index contributed by atoms with van der Waals surface area (Å²) in [6, 6.07) is 21.0. The van der Waals surface area contributed by atoms with Gasteiger partial charge in [0.2, 0.25) is 0 Å². The first kappa shape index (κ1) is 28.1. The number of hydrogen-bond donors (Lipinski definition) is 3. The van der Waals surface area contributed by atoms with Crippen molar-refractivity contribution in [2.45, 2.75) is 32.9 Å². The van der Waals surface area contributed by atoms with Gasteiger partial charge < -0.3 is 20.5 Å². The number of hydrogen-bond acceptors (Lipinski definition) is 10. The molecule has 3 heterocycles. The fraction of sp³-hybridized carbons (Fsp3) is 0.323. The summed E-state index contributed by atoms with van der Waals surface area (Å²) in [7, 11) is 0. The average molecular weight is 553 g/mol. The molecule has 212 valence electrons. The Morgan fingerprint density at radius 1 is 1.02 bits per heavy atom. The van der Waals surface area contributed by atoms with Gasteiger partial charge in [-0.25, -0.2) is 4.98 Å². The zero-order chi connectivity index (χ0) is 28.4. The molecule has 41 heavy (non-hydrogen) atoms. The molecule has 0 saturated carbocycles. The monoisotopic (exact) mass is 552 g/mol. The molecule has 1 fully saturated rings. The molecule has 1 atom stereocenters. The van der Waals surface area contributed by atoms with Crippen molar-refractivity contribution < 1.29 is 9.84 Å². The van der Waals surface area contributed by atoms with Crippen molar-refractivity contribution in [3.05, 3.63) is 84.3 Å². The third kappa shape index (κ3) is 8.54. The first-order chi connectivity index (χ1) is 20.0. The molecule has 0 spiro atoms. The van der Waals surface area contributed by atoms with Crippen LogP contribution in [0.25, 0.3) is 11.1 Å². The van der Waals surface area contributed by atoms with E-state index in [1.807, 2.05) is 61.5 Å². The molecule has 3 N–H and O–H groups in total. The molecule has 5 rings (SSSR count). The first-order valence-electron chi connectivity index (χ1n) is 13.9. The van der Waals surface area contributed by atoms with Crippen LogP contribution >= 0.6 is 0 Å². The van der Waals surface area contributed by atoms with E-state index in [2.05, 4.69) is 47.6 Å². The van der Waals surface area contributed by atoms with E-state index in [-0.39, 0.29) is 5.75 Å². The number of benzene rings is 2. The van der Waals surface area contributed by atoms with Crippen molar-refractivity contribution in [3.63, 3.8) is 0 Å². The maximum atomic E-state index is 9.71. The van der Waals surface area contributed by atoms with E-state index in [0.717, 1.165) is 78.9 Å². The molecular formula is C31H36N8O2. The zero-order valence-corrected chi connectivity index (χ0v) is 23.5. The molecule has 2 aromatic heterocycles. The summed E-state index contributed by atoms with van der Waals surface area (Å²) in [5.41, 5.74) is 5.44. The number of aryl methyl sites for hydroxylation is 1. The van der Waals surface area contributed by atoms with E-state index in [1.165, 1.54) is 0 Å². The van der Waals surface area contributed by atoms with E-state index in [9.17, 15) is 5.11 Å². The fourth-order valence-electron chi connectivity index (χ4n) is 4.66. The highest BCUT2D eigenvalue weighted by Crippen LogP contribution is 2.25. The Hall–Kier alpha value is -4.41. The van der Waals surface area contributed by atoms with Crippen LogP contribution in [0.4, 0.5) is 23.1 Å². The van der Waals surface area contributed by atoms with Crippen LogP contribution in [-0.2, 0) is 11.3 Å². The molecular weight excluding hydrogens is 516 g/mol. The summed E-state index contributed by atoms with van der Waals surface area (Å²) in [5.74, 6) is 1.34. The molecule has 10 heteroatoms. The van der Waals surface area contributed by atoms with Crippen LogP contribution in [0.3, 0.4) is 0 Å². The standard InChI is InChI=1S/C31H36N8O2/c1-22-17-30(32-13-4-14-39-15-16-41-23(2)21-39)37-31(35-22)38-34-20-27-11-12-28(19-33-27)36-26-9-7-24(8-10-26)25-5-3-6-29(40)18-25/h3,5-12,17-19,23,36,40H,4,13-16,20-21H2,1-2H3,(H,32,35,37). The molecule has 1 unspecified atom stereocenters. The van der Waals surface area contributed by atoms with Gasteiger partial charge in [-0.05, 0) is 67.8 Å². The van der Waals surface area contributed by atoms with Crippen LogP contribution in [0.2, 0.25) is 0 Å². The van der Waals surface area contributed by atoms with Crippen molar-refractivity contribution in [3.8, 4) is 16.9 Å². The highest BCUT2D eigenvalue weighted by atomic mass is 16.5. The van der Waals surface area contributed by atoms with Gasteiger partial charge in [0.15, 0.2) is 0 Å². The smallest absolute Gasteiger partial charge is 0.270 e. The highest BCUT2D eigenvalue weighted by Gasteiger charge is 2.15. The number of morpholine rings is 1. The lowest BCUT2D eigenvalue weighted by Crippen LogP contribution is -2.41. The maximum absolute atomic E-state index is 9.71. The van der Waals surface area contributed by atoms with E-state index >= 15 is 0 Å². The predicted octanol–water partition coefficient (Wildman–Crippen LogP) is 6.10. The Balaban J connectivity index is 1.09. The minimum atomic E-state index is 0.254. The summed E-state index contributed by atoms with van der Waals surface area (Å²) in [4.78, 5) is 15.8. The largest absolute Gasteiger partial charge is 0.508 e. The minimum Gasteiger partial charge on any atom is -0.508 e. The zero-order valence-electron chi connectivity index (χ0n) is 23.5. The summed E-state index contributed by atoms with van der Waals surface area (Å²) in [5, 5.41) is 25.0. The SMILES string of the molecule is Cc1cc(NCCCN2CCOC(C)C2)nc(N=NCc2ccc(Nc3ccc(-c4cccc(O)c4)cc3)cn2)n1. The second-order valence-electron chi connectivity index (χ2n) is 10.1. The van der Waals surface area contributed by atoms with Crippen LogP contribution in [0, 0.1) is 6.92 Å². The first-order valence-corrected chi connectivity index (χ1v) is 13.9. The Labute approximate surface area is 240 Å². The molecule has 1 aliphatic rings. The number of aromatic hydroxyl groups is 1. The van der Waals surface area contributed by atoms with E-state index in [4.69, 9.17) is 4.74 Å². The van der Waals surface area contributed by atoms with Gasteiger partial charge in [-0.1, -0.05) is 24.3 Å². The van der Waals surface area contributed by atoms with Gasteiger partial charge in [-0.3, -0.25) is 9.88 Å². The number of nitrogens with zero attached hydrogens (tertiary/aromatic N) is 6. The van der Waals surface area contributed by atoms with E-state index in [0.29, 0.717) is 18.6 Å². The van der Waals surface area contributed by atoms with Gasteiger partial charge in [0, 0.05) is 43.6 Å². The Morgan fingerprint density at radius 2 is 1.88 bits per heavy atom. The minimum absolute atomic E-state index is 0.254. The summed E-state index contributed by atoms with van der Waals surface area (Å²) in [6.07, 6.45) is 3.10. The third-order valence-electron chi connectivity index (χ3n) is 6.70. The van der Waals surface area contributed by atoms with Crippen molar-refractivity contribution in [1.29, 1.82) is 0 Å². The maximum Gasteiger partial charge on any atom is 0.270 e. The lowest BCUT2D eigenvalue weighted by atomic mass is 10.1. The van der Waals surface area contributed by atoms with Crippen molar-refractivity contribution in [1.82, 2.24) is 19.9 Å². The quantitative estimate of drug-likeness (QED) is 0.151. The molecule has 1 saturated heterocycles. The molecule has 0 bridgehead atoms. The fourth-order valence-corrected chi connectivity index (χ4v) is 4.66. The van der Waals surface area contributed by atoms with Gasteiger partial charge in [-0.2, -0.15) is 10.1 Å². The second-order valence-corrected chi connectivity index (χ2v) is 10.1. The number of ether oxygens (including phenoxy) is 1. The normalized spacial score (nSPS) is 15.7. The van der Waals surface area contributed by atoms with E-state index in [1.54, 1.807) is 18.3 Å². The lowest BCUT2D eigenvalue weighted by molar-refractivity contribution is -0.0181. The topological polar surface area (TPSA) is 120 Å². The number of aromatic nitrogens is 3. The van der Waals surface area contributed by atoms with Crippen LogP contribution in [0.15, 0.2) is 83.2 Å². The number of rotatable bonds is 11. The van der Waals surface area contributed by atoms with Crippen LogP contribution in [0.1, 0.15) is 24.7 Å². The number of nitrogens with one attached hydrogen (secondary N) is 2. The van der Waals surface area contributed by atoms with Gasteiger partial charge in [0.25, 0.3) is 5.95 Å². The van der Waals surface area contributed by atoms with Crippen molar-refractivity contribution in [2.75, 3.05) is 43.4 Å². The summed E-state index contributed by atoms with van der Waals surface area (Å²) < 4.78 is 5.61. The average Bonchev–Trinajstić information content (AvgIpc) is 2.97. The number of phenolic OH excluding ortho intramolecular Hbond substituents is 1. The van der Waals surface area contributed by atoms with Gasteiger partial charge in [0.05, 0.1) is 30.3 Å². The molecule has 2 aromatic carbocycles. The number of phenols is 1. The summed E-state index contributed by atoms with van der Waals surface area (Å²) in [6.45, 7) is 9.02. The summed E-state index contributed by atoms with van der Waals surface area (Å²) >= 11 is 0. The number of azo groups is 1. The van der Waals surface area contributed by atoms with Crippen molar-refractivity contribution in [2.24, 2.45) is 10.2 Å². The molecule has 0 aliphatic carbocycles. The van der Waals surface area contributed by atoms with Crippen molar-refractivity contribution >= 4 is 23.1 Å². The van der Waals surface area contributed by atoms with E-state index < -0.39 is 0 Å². The molecule has 4 aromatic rings. The van der Waals surface area contributed by atoms with Gasteiger partial charge in [-0.15, -0.1) is 5.11 Å². The predicted molar refractivity (Wildman–Crippen MR) is 161 cm³/mol. The number of pyridine rings is 1. The second kappa shape index (κ2) is 13.8. The van der Waals surface area contributed by atoms with Crippen LogP contribution in [-0.4, -0.2) is 63.8 Å².